The van der Waals surface area contributed by atoms with E-state index in [1.54, 1.807) is 36.9 Å². The lowest BCUT2D eigenvalue weighted by Crippen LogP contribution is -2.43. The average molecular weight is 667 g/mol. The Balaban J connectivity index is 0.00000506. The molecule has 0 spiro atoms. The van der Waals surface area contributed by atoms with Crippen molar-refractivity contribution in [1.29, 1.82) is 5.41 Å². The van der Waals surface area contributed by atoms with Crippen LogP contribution in [0.2, 0.25) is 0 Å². The van der Waals surface area contributed by atoms with Gasteiger partial charge < -0.3 is 33.5 Å². The lowest BCUT2D eigenvalue weighted by Gasteiger charge is -2.28. The molecule has 2 aromatic rings. The van der Waals surface area contributed by atoms with Gasteiger partial charge in [-0.3, -0.25) is 15.0 Å². The molecule has 1 saturated heterocycles. The minimum atomic E-state index is -0.669. The predicted octanol–water partition coefficient (Wildman–Crippen LogP) is 4.77. The molecule has 0 aliphatic carbocycles. The van der Waals surface area contributed by atoms with Gasteiger partial charge in [-0.25, -0.2) is 4.39 Å². The minimum Gasteiger partial charge on any atom is -0.493 e. The Hall–Kier alpha value is -3.38. The summed E-state index contributed by atoms with van der Waals surface area (Å²) >= 11 is 0. The van der Waals surface area contributed by atoms with E-state index in [2.05, 4.69) is 0 Å². The first kappa shape index (κ1) is 34.1. The molecule has 1 N–H and O–H groups in total. The highest BCUT2D eigenvalue weighted by Crippen LogP contribution is 2.41. The monoisotopic (exact) mass is 665 g/mol. The third kappa shape index (κ3) is 7.41. The molecule has 0 radical (unpaired) electrons. The van der Waals surface area contributed by atoms with E-state index >= 15 is 4.39 Å². The number of hydrogen-bond donors (Lipinski definition) is 1. The molecule has 2 aliphatic rings. The summed E-state index contributed by atoms with van der Waals surface area (Å²) in [6, 6.07) is 5.00. The van der Waals surface area contributed by atoms with Crippen LogP contribution in [0.4, 0.5) is 4.39 Å². The maximum absolute atomic E-state index is 15.5. The number of benzene rings is 2. The van der Waals surface area contributed by atoms with Crippen LogP contribution in [0.1, 0.15) is 61.7 Å². The van der Waals surface area contributed by atoms with Crippen LogP contribution in [-0.2, 0) is 21.5 Å². The summed E-state index contributed by atoms with van der Waals surface area (Å²) in [4.78, 5) is 29.6. The Morgan fingerprint density at radius 3 is 2.26 bits per heavy atom. The standard InChI is InChI=1S/C31H40FN3O7.BrH/c1-7-40-24-15-20-16-35(30(33)26(20)27(32)29(24)41-8-2)17-22(36)19-13-21(31(3,4)5)28(38-6)23(14-19)42-18-25(37)34-9-11-39-12-10-34;/h13-15,33H,7-12,16-18H2,1-6H3;1H. The number of Topliss-reactive ketones (excluding diaryl/α,β-unsaturated/α-hetero) is 1. The number of carbonyl (C=O) groups excluding carboxylic acids is 2. The van der Waals surface area contributed by atoms with Crippen molar-refractivity contribution < 1.29 is 37.7 Å². The zero-order chi connectivity index (χ0) is 30.6. The minimum absolute atomic E-state index is 0. The van der Waals surface area contributed by atoms with E-state index in [1.807, 2.05) is 20.8 Å². The van der Waals surface area contributed by atoms with Crippen molar-refractivity contribution in [2.75, 3.05) is 59.8 Å². The van der Waals surface area contributed by atoms with Crippen LogP contribution in [0.3, 0.4) is 0 Å². The number of methoxy groups -OCH3 is 1. The molecule has 0 saturated carbocycles. The number of rotatable bonds is 11. The van der Waals surface area contributed by atoms with Gasteiger partial charge in [-0.2, -0.15) is 0 Å². The summed E-state index contributed by atoms with van der Waals surface area (Å²) < 4.78 is 43.6. The fourth-order valence-electron chi connectivity index (χ4n) is 5.10. The Morgan fingerprint density at radius 1 is 1.00 bits per heavy atom. The number of ketones is 1. The summed E-state index contributed by atoms with van der Waals surface area (Å²) in [6.45, 7) is 11.8. The zero-order valence-electron chi connectivity index (χ0n) is 25.6. The molecule has 1 fully saturated rings. The van der Waals surface area contributed by atoms with E-state index < -0.39 is 11.2 Å². The van der Waals surface area contributed by atoms with Crippen molar-refractivity contribution in [2.45, 2.75) is 46.6 Å². The second kappa shape index (κ2) is 14.4. The summed E-state index contributed by atoms with van der Waals surface area (Å²) in [6.07, 6.45) is 0. The van der Waals surface area contributed by atoms with Gasteiger partial charge in [-0.05, 0) is 43.0 Å². The van der Waals surface area contributed by atoms with E-state index in [0.717, 1.165) is 5.56 Å². The van der Waals surface area contributed by atoms with Crippen molar-refractivity contribution in [3.8, 4) is 23.0 Å². The maximum atomic E-state index is 15.5. The first-order chi connectivity index (χ1) is 20.0. The lowest BCUT2D eigenvalue weighted by molar-refractivity contribution is -0.137. The van der Waals surface area contributed by atoms with Gasteiger partial charge in [-0.15, -0.1) is 17.0 Å². The molecule has 0 unspecified atom stereocenters. The fraction of sp³-hybridized carbons (Fsp3) is 0.516. The number of carbonyl (C=O) groups is 2. The van der Waals surface area contributed by atoms with Crippen molar-refractivity contribution in [3.63, 3.8) is 0 Å². The predicted molar refractivity (Wildman–Crippen MR) is 165 cm³/mol. The van der Waals surface area contributed by atoms with Gasteiger partial charge in [-0.1, -0.05) is 20.8 Å². The van der Waals surface area contributed by atoms with Crippen LogP contribution in [0.5, 0.6) is 23.0 Å². The number of halogens is 2. The van der Waals surface area contributed by atoms with Crippen molar-refractivity contribution >= 4 is 34.5 Å². The number of hydrogen-bond acceptors (Lipinski definition) is 8. The van der Waals surface area contributed by atoms with Crippen molar-refractivity contribution in [1.82, 2.24) is 9.80 Å². The SMILES string of the molecule is Br.CCOc1cc2c(c(F)c1OCC)C(=N)N(CC(=O)c1cc(OCC(=O)N3CCOCC3)c(OC)c(C(C)(C)C)c1)C2. The van der Waals surface area contributed by atoms with Gasteiger partial charge in [0, 0.05) is 30.8 Å². The van der Waals surface area contributed by atoms with Gasteiger partial charge in [0.15, 0.2) is 41.2 Å². The van der Waals surface area contributed by atoms with Crippen LogP contribution >= 0.6 is 17.0 Å². The number of ether oxygens (including phenoxy) is 5. The van der Waals surface area contributed by atoms with E-state index in [-0.39, 0.29) is 83.6 Å². The molecular weight excluding hydrogens is 625 g/mol. The van der Waals surface area contributed by atoms with E-state index in [4.69, 9.17) is 29.1 Å². The Kier molecular flexibility index (Phi) is 11.4. The molecule has 12 heteroatoms. The van der Waals surface area contributed by atoms with Crippen LogP contribution in [0.15, 0.2) is 18.2 Å². The van der Waals surface area contributed by atoms with Crippen LogP contribution in [0, 0.1) is 11.2 Å². The smallest absolute Gasteiger partial charge is 0.260 e. The number of amides is 1. The quantitative estimate of drug-likeness (QED) is 0.342. The molecule has 4 rings (SSSR count). The molecule has 0 aromatic heterocycles. The molecule has 2 aliphatic heterocycles. The third-order valence-electron chi connectivity index (χ3n) is 7.21. The molecular formula is C31H41BrFN3O7. The van der Waals surface area contributed by atoms with Crippen LogP contribution in [-0.4, -0.2) is 87.1 Å². The molecule has 0 bridgehead atoms. The lowest BCUT2D eigenvalue weighted by atomic mass is 9.84. The summed E-state index contributed by atoms with van der Waals surface area (Å²) in [5, 5.41) is 8.69. The fourth-order valence-corrected chi connectivity index (χ4v) is 5.10. The Bertz CT molecular complexity index is 1360. The largest absolute Gasteiger partial charge is 0.493 e. The molecule has 43 heavy (non-hydrogen) atoms. The van der Waals surface area contributed by atoms with E-state index in [9.17, 15) is 9.59 Å². The number of fused-ring (bicyclic) bond motifs is 1. The second-order valence-electron chi connectivity index (χ2n) is 11.1. The van der Waals surface area contributed by atoms with Gasteiger partial charge >= 0.3 is 0 Å². The average Bonchev–Trinajstić information content (AvgIpc) is 3.27. The normalized spacial score (nSPS) is 14.6. The number of nitrogens with one attached hydrogen (secondary N) is 1. The first-order valence-electron chi connectivity index (χ1n) is 14.2. The van der Waals surface area contributed by atoms with Gasteiger partial charge in [0.25, 0.3) is 5.91 Å². The molecule has 1 amide bonds. The zero-order valence-corrected chi connectivity index (χ0v) is 27.3. The van der Waals surface area contributed by atoms with Crippen LogP contribution < -0.4 is 18.9 Å². The van der Waals surface area contributed by atoms with Crippen molar-refractivity contribution in [2.24, 2.45) is 0 Å². The van der Waals surface area contributed by atoms with E-state index in [0.29, 0.717) is 49.8 Å². The van der Waals surface area contributed by atoms with Gasteiger partial charge in [0.05, 0.1) is 45.6 Å². The highest BCUT2D eigenvalue weighted by molar-refractivity contribution is 8.93. The molecule has 10 nitrogen and oxygen atoms in total. The summed E-state index contributed by atoms with van der Waals surface area (Å²) in [5.74, 6) is -0.273. The Morgan fingerprint density at radius 2 is 1.65 bits per heavy atom. The van der Waals surface area contributed by atoms with Crippen LogP contribution in [0.25, 0.3) is 0 Å². The van der Waals surface area contributed by atoms with Gasteiger partial charge in [0.2, 0.25) is 0 Å². The Labute approximate surface area is 262 Å². The van der Waals surface area contributed by atoms with E-state index in [1.165, 1.54) is 12.0 Å². The summed E-state index contributed by atoms with van der Waals surface area (Å²) in [5.41, 5.74) is 1.30. The number of morpholine rings is 1. The second-order valence-corrected chi connectivity index (χ2v) is 11.1. The number of nitrogens with zero attached hydrogens (tertiary/aromatic N) is 2. The molecule has 2 heterocycles. The highest BCUT2D eigenvalue weighted by atomic mass is 79.9. The highest BCUT2D eigenvalue weighted by Gasteiger charge is 2.34. The maximum Gasteiger partial charge on any atom is 0.260 e. The number of amidine groups is 1. The summed E-state index contributed by atoms with van der Waals surface area (Å²) in [7, 11) is 1.52. The van der Waals surface area contributed by atoms with Crippen molar-refractivity contribution in [3.05, 3.63) is 46.3 Å². The molecule has 236 valence electrons. The molecule has 2 aromatic carbocycles. The first-order valence-corrected chi connectivity index (χ1v) is 14.2. The topological polar surface area (TPSA) is 111 Å². The van der Waals surface area contributed by atoms with Gasteiger partial charge in [0.1, 0.15) is 5.84 Å². The third-order valence-corrected chi connectivity index (χ3v) is 7.21. The molecule has 0 atom stereocenters.